The molecule has 0 radical (unpaired) electrons. The van der Waals surface area contributed by atoms with Gasteiger partial charge in [-0.2, -0.15) is 0 Å². The largest absolute Gasteiger partial charge is 0.455 e. The Morgan fingerprint density at radius 3 is 2.50 bits per heavy atom. The highest BCUT2D eigenvalue weighted by Crippen LogP contribution is 2.35. The van der Waals surface area contributed by atoms with Crippen LogP contribution in [-0.2, 0) is 5.88 Å². The van der Waals surface area contributed by atoms with Gasteiger partial charge in [0.2, 0.25) is 0 Å². The normalized spacial score (nSPS) is 10.4. The summed E-state index contributed by atoms with van der Waals surface area (Å²) in [5, 5.41) is 1.07. The quantitative estimate of drug-likeness (QED) is 0.580. The van der Waals surface area contributed by atoms with Gasteiger partial charge in [-0.25, -0.2) is 0 Å². The highest BCUT2D eigenvalue weighted by atomic mass is 79.9. The van der Waals surface area contributed by atoms with E-state index < -0.39 is 0 Å². The number of rotatable bonds is 3. The first-order chi connectivity index (χ1) is 8.60. The molecule has 0 spiro atoms. The zero-order valence-electron chi connectivity index (χ0n) is 9.09. The minimum absolute atomic E-state index is 0.362. The van der Waals surface area contributed by atoms with Crippen LogP contribution in [0.15, 0.2) is 40.9 Å². The average molecular weight is 366 g/mol. The monoisotopic (exact) mass is 364 g/mol. The molecule has 0 amide bonds. The van der Waals surface area contributed by atoms with Crippen molar-refractivity contribution in [3.63, 3.8) is 0 Å². The van der Waals surface area contributed by atoms with Gasteiger partial charge in [0, 0.05) is 21.1 Å². The molecule has 18 heavy (non-hydrogen) atoms. The summed E-state index contributed by atoms with van der Waals surface area (Å²) in [6, 6.07) is 10.7. The van der Waals surface area contributed by atoms with Crippen molar-refractivity contribution in [2.75, 3.05) is 0 Å². The Kier molecular flexibility index (Phi) is 4.79. The van der Waals surface area contributed by atoms with Gasteiger partial charge in [-0.3, -0.25) is 0 Å². The summed E-state index contributed by atoms with van der Waals surface area (Å²) >= 11 is 21.2. The average Bonchev–Trinajstić information content (AvgIpc) is 2.34. The predicted molar refractivity (Wildman–Crippen MR) is 80.2 cm³/mol. The van der Waals surface area contributed by atoms with Crippen LogP contribution in [0.2, 0.25) is 10.0 Å². The van der Waals surface area contributed by atoms with Crippen molar-refractivity contribution in [1.82, 2.24) is 0 Å². The van der Waals surface area contributed by atoms with Gasteiger partial charge >= 0.3 is 0 Å². The van der Waals surface area contributed by atoms with Gasteiger partial charge in [0.05, 0.1) is 10.9 Å². The zero-order chi connectivity index (χ0) is 13.1. The molecule has 2 aromatic rings. The molecular formula is C13H8BrCl3O. The van der Waals surface area contributed by atoms with E-state index in [0.29, 0.717) is 27.4 Å². The predicted octanol–water partition coefficient (Wildman–Crippen LogP) is 6.29. The Labute approximate surface area is 129 Å². The Bertz CT molecular complexity index is 572. The van der Waals surface area contributed by atoms with Crippen LogP contribution >= 0.6 is 50.7 Å². The molecule has 0 unspecified atom stereocenters. The minimum Gasteiger partial charge on any atom is -0.455 e. The summed E-state index contributed by atoms with van der Waals surface area (Å²) in [6.45, 7) is 0. The molecule has 94 valence electrons. The fraction of sp³-hybridized carbons (Fsp3) is 0.0769. The molecule has 0 saturated carbocycles. The fourth-order valence-corrected chi connectivity index (χ4v) is 2.29. The lowest BCUT2D eigenvalue weighted by molar-refractivity contribution is 0.478. The van der Waals surface area contributed by atoms with Gasteiger partial charge in [-0.1, -0.05) is 45.2 Å². The lowest BCUT2D eigenvalue weighted by Gasteiger charge is -2.11. The second kappa shape index (κ2) is 6.16. The highest BCUT2D eigenvalue weighted by molar-refractivity contribution is 9.10. The second-order valence-corrected chi connectivity index (χ2v) is 5.59. The minimum atomic E-state index is 0.362. The molecule has 0 aliphatic heterocycles. The van der Waals surface area contributed by atoms with Crippen molar-refractivity contribution in [2.45, 2.75) is 5.88 Å². The fourth-order valence-electron chi connectivity index (χ4n) is 1.41. The van der Waals surface area contributed by atoms with Crippen LogP contribution in [0.5, 0.6) is 11.5 Å². The van der Waals surface area contributed by atoms with Crippen LogP contribution in [0.1, 0.15) is 5.56 Å². The van der Waals surface area contributed by atoms with Crippen molar-refractivity contribution >= 4 is 50.7 Å². The van der Waals surface area contributed by atoms with Crippen LogP contribution in [0.4, 0.5) is 0 Å². The molecule has 0 heterocycles. The number of alkyl halides is 1. The van der Waals surface area contributed by atoms with Crippen LogP contribution in [0.25, 0.3) is 0 Å². The van der Waals surface area contributed by atoms with Gasteiger partial charge in [-0.15, -0.1) is 11.6 Å². The topological polar surface area (TPSA) is 9.23 Å². The smallest absolute Gasteiger partial charge is 0.147 e. The third kappa shape index (κ3) is 3.33. The first kappa shape index (κ1) is 14.0. The Hall–Kier alpha value is -0.410. The molecule has 0 aliphatic carbocycles. The van der Waals surface area contributed by atoms with Crippen LogP contribution in [0, 0.1) is 0 Å². The SMILES string of the molecule is ClCc1ccc(Br)cc1Oc1cc(Cl)ccc1Cl. The summed E-state index contributed by atoms with van der Waals surface area (Å²) in [4.78, 5) is 0. The lowest BCUT2D eigenvalue weighted by Crippen LogP contribution is -1.90. The van der Waals surface area contributed by atoms with E-state index in [4.69, 9.17) is 39.5 Å². The number of halogens is 4. The third-order valence-corrected chi connectivity index (χ3v) is 3.61. The van der Waals surface area contributed by atoms with E-state index in [-0.39, 0.29) is 0 Å². The molecule has 0 bridgehead atoms. The summed E-state index contributed by atoms with van der Waals surface area (Å²) < 4.78 is 6.67. The maximum atomic E-state index is 6.05. The summed E-state index contributed by atoms with van der Waals surface area (Å²) in [7, 11) is 0. The standard InChI is InChI=1S/C13H8BrCl3O/c14-9-2-1-8(7-15)12(5-9)18-13-6-10(16)3-4-11(13)17/h1-6H,7H2. The van der Waals surface area contributed by atoms with Gasteiger partial charge in [-0.05, 0) is 24.3 Å². The molecule has 5 heteroatoms. The highest BCUT2D eigenvalue weighted by Gasteiger charge is 2.08. The first-order valence-electron chi connectivity index (χ1n) is 5.07. The van der Waals surface area contributed by atoms with Gasteiger partial charge in [0.25, 0.3) is 0 Å². The maximum Gasteiger partial charge on any atom is 0.147 e. The van der Waals surface area contributed by atoms with E-state index in [9.17, 15) is 0 Å². The van der Waals surface area contributed by atoms with Crippen molar-refractivity contribution in [3.05, 3.63) is 56.5 Å². The summed E-state index contributed by atoms with van der Waals surface area (Å²) in [6.07, 6.45) is 0. The molecule has 1 nitrogen and oxygen atoms in total. The molecule has 0 saturated heterocycles. The van der Waals surface area contributed by atoms with Crippen molar-refractivity contribution < 1.29 is 4.74 Å². The van der Waals surface area contributed by atoms with Gasteiger partial charge in [0.1, 0.15) is 11.5 Å². The van der Waals surface area contributed by atoms with Crippen molar-refractivity contribution in [1.29, 1.82) is 0 Å². The first-order valence-corrected chi connectivity index (χ1v) is 7.16. The van der Waals surface area contributed by atoms with Crippen molar-refractivity contribution in [3.8, 4) is 11.5 Å². The zero-order valence-corrected chi connectivity index (χ0v) is 12.9. The molecule has 2 rings (SSSR count). The van der Waals surface area contributed by atoms with Crippen molar-refractivity contribution in [2.24, 2.45) is 0 Å². The number of benzene rings is 2. The number of hydrogen-bond donors (Lipinski definition) is 0. The lowest BCUT2D eigenvalue weighted by atomic mass is 10.2. The van der Waals surface area contributed by atoms with E-state index in [1.165, 1.54) is 0 Å². The molecule has 0 aliphatic rings. The molecule has 0 atom stereocenters. The molecule has 2 aromatic carbocycles. The van der Waals surface area contributed by atoms with E-state index in [1.54, 1.807) is 18.2 Å². The van der Waals surface area contributed by atoms with Gasteiger partial charge in [0.15, 0.2) is 0 Å². The molecule has 0 fully saturated rings. The van der Waals surface area contributed by atoms with E-state index in [2.05, 4.69) is 15.9 Å². The van der Waals surface area contributed by atoms with Gasteiger partial charge < -0.3 is 4.74 Å². The van der Waals surface area contributed by atoms with E-state index in [1.807, 2.05) is 18.2 Å². The van der Waals surface area contributed by atoms with E-state index in [0.717, 1.165) is 10.0 Å². The van der Waals surface area contributed by atoms with Crippen LogP contribution in [0.3, 0.4) is 0 Å². The van der Waals surface area contributed by atoms with Crippen LogP contribution < -0.4 is 4.74 Å². The maximum absolute atomic E-state index is 6.05. The Morgan fingerprint density at radius 1 is 1.00 bits per heavy atom. The second-order valence-electron chi connectivity index (χ2n) is 3.56. The Morgan fingerprint density at radius 2 is 1.78 bits per heavy atom. The molecule has 0 N–H and O–H groups in total. The summed E-state index contributed by atoms with van der Waals surface area (Å²) in [5.74, 6) is 1.53. The molecule has 0 aromatic heterocycles. The summed E-state index contributed by atoms with van der Waals surface area (Å²) in [5.41, 5.74) is 0.885. The van der Waals surface area contributed by atoms with E-state index >= 15 is 0 Å². The van der Waals surface area contributed by atoms with Crippen LogP contribution in [-0.4, -0.2) is 0 Å². The number of ether oxygens (including phenoxy) is 1. The molecular weight excluding hydrogens is 358 g/mol. The number of hydrogen-bond acceptors (Lipinski definition) is 1. The third-order valence-electron chi connectivity index (χ3n) is 2.29. The Balaban J connectivity index is 2.38.